The van der Waals surface area contributed by atoms with Crippen LogP contribution in [0.5, 0.6) is 0 Å². The van der Waals surface area contributed by atoms with Crippen molar-refractivity contribution in [3.63, 3.8) is 0 Å². The Morgan fingerprint density at radius 1 is 1.10 bits per heavy atom. The summed E-state index contributed by atoms with van der Waals surface area (Å²) in [5.74, 6) is -3.36. The second-order valence-electron chi connectivity index (χ2n) is 4.47. The molecule has 0 atom stereocenters. The number of hydrogen-bond acceptors (Lipinski definition) is 3. The smallest absolute Gasteiger partial charge is 0.195 e. The maximum absolute atomic E-state index is 13.9. The second kappa shape index (κ2) is 5.48. The molecule has 0 aliphatic heterocycles. The summed E-state index contributed by atoms with van der Waals surface area (Å²) in [6.07, 6.45) is 1.37. The first-order valence-corrected chi connectivity index (χ1v) is 6.22. The molecule has 0 saturated carbocycles. The van der Waals surface area contributed by atoms with Gasteiger partial charge in [-0.3, -0.25) is 0 Å². The summed E-state index contributed by atoms with van der Waals surface area (Å²) in [7, 11) is 0. The van der Waals surface area contributed by atoms with Crippen molar-refractivity contribution in [1.82, 2.24) is 9.97 Å². The van der Waals surface area contributed by atoms with Crippen molar-refractivity contribution in [3.05, 3.63) is 41.0 Å². The highest BCUT2D eigenvalue weighted by Gasteiger charge is 2.19. The molecule has 106 valence electrons. The zero-order valence-electron chi connectivity index (χ0n) is 11.2. The fraction of sp³-hybridized carbons (Fsp3) is 0.286. The summed E-state index contributed by atoms with van der Waals surface area (Å²) in [6, 6.07) is 2.02. The van der Waals surface area contributed by atoms with E-state index in [9.17, 15) is 13.2 Å². The Kier molecular flexibility index (Phi) is 3.92. The first-order valence-electron chi connectivity index (χ1n) is 6.22. The maximum atomic E-state index is 13.9. The molecule has 0 amide bonds. The summed E-state index contributed by atoms with van der Waals surface area (Å²) < 4.78 is 40.2. The van der Waals surface area contributed by atoms with E-state index in [0.717, 1.165) is 18.6 Å². The van der Waals surface area contributed by atoms with Crippen LogP contribution in [0, 0.1) is 24.4 Å². The second-order valence-corrected chi connectivity index (χ2v) is 4.47. The molecule has 1 heterocycles. The Morgan fingerprint density at radius 2 is 1.80 bits per heavy atom. The van der Waals surface area contributed by atoms with Gasteiger partial charge in [0.2, 0.25) is 0 Å². The van der Waals surface area contributed by atoms with Crippen molar-refractivity contribution in [2.75, 3.05) is 5.73 Å². The number of halogens is 3. The molecular weight excluding hydrogens is 267 g/mol. The minimum atomic E-state index is -1.52. The number of nitrogens with zero attached hydrogens (tertiary/aromatic N) is 2. The molecule has 1 aromatic heterocycles. The van der Waals surface area contributed by atoms with Gasteiger partial charge in [0.25, 0.3) is 0 Å². The Morgan fingerprint density at radius 3 is 2.45 bits per heavy atom. The Labute approximate surface area is 114 Å². The summed E-state index contributed by atoms with van der Waals surface area (Å²) in [5.41, 5.74) is 6.28. The molecule has 2 aromatic rings. The lowest BCUT2D eigenvalue weighted by molar-refractivity contribution is 0.448. The number of nitrogens with two attached hydrogens (primary N) is 1. The van der Waals surface area contributed by atoms with E-state index in [1.54, 1.807) is 6.92 Å². The highest BCUT2D eigenvalue weighted by atomic mass is 19.2. The molecule has 0 bridgehead atoms. The third-order valence-electron chi connectivity index (χ3n) is 2.99. The number of nitrogen functional groups attached to an aromatic ring is 1. The van der Waals surface area contributed by atoms with E-state index in [1.165, 1.54) is 0 Å². The molecule has 6 heteroatoms. The highest BCUT2D eigenvalue weighted by Crippen LogP contribution is 2.29. The van der Waals surface area contributed by atoms with Gasteiger partial charge in [0, 0.05) is 17.5 Å². The SMILES string of the molecule is CCCc1nc(N)c(C)c(-c2ccc(F)c(F)c2F)n1. The van der Waals surface area contributed by atoms with Gasteiger partial charge >= 0.3 is 0 Å². The number of aryl methyl sites for hydroxylation is 1. The number of hydrogen-bond donors (Lipinski definition) is 1. The van der Waals surface area contributed by atoms with Crippen LogP contribution in [0.25, 0.3) is 11.3 Å². The molecule has 0 radical (unpaired) electrons. The lowest BCUT2D eigenvalue weighted by Crippen LogP contribution is -2.06. The van der Waals surface area contributed by atoms with E-state index in [4.69, 9.17) is 5.73 Å². The van der Waals surface area contributed by atoms with Gasteiger partial charge in [-0.25, -0.2) is 23.1 Å². The minimum absolute atomic E-state index is 0.118. The molecule has 2 N–H and O–H groups in total. The van der Waals surface area contributed by atoms with Crippen molar-refractivity contribution in [3.8, 4) is 11.3 Å². The van der Waals surface area contributed by atoms with Crippen molar-refractivity contribution in [2.45, 2.75) is 26.7 Å². The molecule has 0 fully saturated rings. The zero-order chi connectivity index (χ0) is 14.9. The van der Waals surface area contributed by atoms with Gasteiger partial charge in [-0.05, 0) is 25.5 Å². The Bertz CT molecular complexity index is 657. The minimum Gasteiger partial charge on any atom is -0.383 e. The van der Waals surface area contributed by atoms with Crippen LogP contribution in [0.1, 0.15) is 24.7 Å². The van der Waals surface area contributed by atoms with Crippen LogP contribution in [0.2, 0.25) is 0 Å². The highest BCUT2D eigenvalue weighted by molar-refractivity contribution is 5.67. The average Bonchev–Trinajstić information content (AvgIpc) is 2.41. The van der Waals surface area contributed by atoms with Crippen LogP contribution in [-0.2, 0) is 6.42 Å². The van der Waals surface area contributed by atoms with Crippen molar-refractivity contribution < 1.29 is 13.2 Å². The van der Waals surface area contributed by atoms with Gasteiger partial charge in [-0.15, -0.1) is 0 Å². The Hall–Kier alpha value is -2.11. The Balaban J connectivity index is 2.66. The summed E-state index contributed by atoms with van der Waals surface area (Å²) >= 11 is 0. The molecule has 20 heavy (non-hydrogen) atoms. The van der Waals surface area contributed by atoms with E-state index in [0.29, 0.717) is 17.8 Å². The lowest BCUT2D eigenvalue weighted by atomic mass is 10.1. The van der Waals surface area contributed by atoms with Gasteiger partial charge in [0.05, 0.1) is 5.69 Å². The van der Waals surface area contributed by atoms with E-state index in [-0.39, 0.29) is 17.1 Å². The molecule has 0 aliphatic rings. The van der Waals surface area contributed by atoms with Gasteiger partial charge in [-0.2, -0.15) is 0 Å². The predicted octanol–water partition coefficient (Wildman–Crippen LogP) is 3.40. The number of rotatable bonds is 3. The van der Waals surface area contributed by atoms with Crippen LogP contribution in [0.3, 0.4) is 0 Å². The van der Waals surface area contributed by atoms with E-state index < -0.39 is 17.5 Å². The maximum Gasteiger partial charge on any atom is 0.195 e. The molecule has 3 nitrogen and oxygen atoms in total. The molecule has 2 rings (SSSR count). The number of anilines is 1. The summed E-state index contributed by atoms with van der Waals surface area (Å²) in [5, 5.41) is 0. The molecule has 1 aromatic carbocycles. The molecule has 0 saturated heterocycles. The van der Waals surface area contributed by atoms with E-state index in [1.807, 2.05) is 6.92 Å². The molecular formula is C14H14F3N3. The first-order chi connectivity index (χ1) is 9.45. The van der Waals surface area contributed by atoms with Crippen LogP contribution in [-0.4, -0.2) is 9.97 Å². The van der Waals surface area contributed by atoms with E-state index >= 15 is 0 Å². The normalized spacial score (nSPS) is 10.8. The first kappa shape index (κ1) is 14.3. The molecule has 0 spiro atoms. The van der Waals surface area contributed by atoms with Gasteiger partial charge in [0.15, 0.2) is 17.5 Å². The molecule has 0 unspecified atom stereocenters. The fourth-order valence-corrected chi connectivity index (χ4v) is 1.89. The predicted molar refractivity (Wildman–Crippen MR) is 70.5 cm³/mol. The summed E-state index contributed by atoms with van der Waals surface area (Å²) in [6.45, 7) is 3.55. The van der Waals surface area contributed by atoms with Gasteiger partial charge < -0.3 is 5.73 Å². The van der Waals surface area contributed by atoms with Crippen molar-refractivity contribution in [1.29, 1.82) is 0 Å². The van der Waals surface area contributed by atoms with Crippen LogP contribution >= 0.6 is 0 Å². The lowest BCUT2D eigenvalue weighted by Gasteiger charge is -2.11. The average molecular weight is 281 g/mol. The number of aromatic nitrogens is 2. The standard InChI is InChI=1S/C14H14F3N3/c1-3-4-10-19-13(7(2)14(18)20-10)8-5-6-9(15)12(17)11(8)16/h5-6H,3-4H2,1-2H3,(H2,18,19,20). The number of benzene rings is 1. The zero-order valence-corrected chi connectivity index (χ0v) is 11.2. The topological polar surface area (TPSA) is 51.8 Å². The summed E-state index contributed by atoms with van der Waals surface area (Å²) in [4.78, 5) is 8.30. The monoisotopic (exact) mass is 281 g/mol. The fourth-order valence-electron chi connectivity index (χ4n) is 1.89. The van der Waals surface area contributed by atoms with Crippen molar-refractivity contribution >= 4 is 5.82 Å². The quantitative estimate of drug-likeness (QED) is 0.877. The van der Waals surface area contributed by atoms with Gasteiger partial charge in [0.1, 0.15) is 11.6 Å². The van der Waals surface area contributed by atoms with Crippen LogP contribution in [0.4, 0.5) is 19.0 Å². The largest absolute Gasteiger partial charge is 0.383 e. The third kappa shape index (κ3) is 2.45. The van der Waals surface area contributed by atoms with E-state index in [2.05, 4.69) is 9.97 Å². The van der Waals surface area contributed by atoms with Crippen LogP contribution < -0.4 is 5.73 Å². The third-order valence-corrected chi connectivity index (χ3v) is 2.99. The van der Waals surface area contributed by atoms with Gasteiger partial charge in [-0.1, -0.05) is 6.92 Å². The van der Waals surface area contributed by atoms with Crippen LogP contribution in [0.15, 0.2) is 12.1 Å². The van der Waals surface area contributed by atoms with Crippen molar-refractivity contribution in [2.24, 2.45) is 0 Å². The molecule has 0 aliphatic carbocycles.